The Balaban J connectivity index is 1.72. The maximum Gasteiger partial charge on any atom is 0.243 e. The Kier molecular flexibility index (Phi) is 6.48. The first kappa shape index (κ1) is 18.7. The minimum Gasteiger partial charge on any atom is -0.361 e. The average molecular weight is 384 g/mol. The van der Waals surface area contributed by atoms with Gasteiger partial charge in [0.15, 0.2) is 0 Å². The van der Waals surface area contributed by atoms with Crippen LogP contribution in [0.5, 0.6) is 0 Å². The van der Waals surface area contributed by atoms with E-state index in [1.807, 2.05) is 48.2 Å². The summed E-state index contributed by atoms with van der Waals surface area (Å²) in [5.41, 5.74) is 1.90. The summed E-state index contributed by atoms with van der Waals surface area (Å²) in [6.45, 7) is 3.42. The topological polar surface area (TPSA) is 56.1 Å². The summed E-state index contributed by atoms with van der Waals surface area (Å²) in [7, 11) is 0. The van der Waals surface area contributed by atoms with Gasteiger partial charge in [0, 0.05) is 21.6 Å². The number of para-hydroxylation sites is 2. The lowest BCUT2D eigenvalue weighted by Crippen LogP contribution is -2.34. The number of carbonyl (C=O) groups is 1. The highest BCUT2D eigenvalue weighted by atomic mass is 32.2. The van der Waals surface area contributed by atoms with E-state index in [2.05, 4.69) is 35.3 Å². The highest BCUT2D eigenvalue weighted by molar-refractivity contribution is 8.00. The predicted octanol–water partition coefficient (Wildman–Crippen LogP) is 4.63. The van der Waals surface area contributed by atoms with Gasteiger partial charge >= 0.3 is 0 Å². The fourth-order valence-electron chi connectivity index (χ4n) is 2.88. The van der Waals surface area contributed by atoms with Crippen molar-refractivity contribution < 1.29 is 4.79 Å². The van der Waals surface area contributed by atoms with Crippen LogP contribution in [0.2, 0.25) is 0 Å². The number of rotatable bonds is 5. The molecular weight excluding hydrogens is 362 g/mol. The number of thioether (sulfide) groups is 2. The van der Waals surface area contributed by atoms with Gasteiger partial charge in [-0.3, -0.25) is 4.79 Å². The zero-order valence-electron chi connectivity index (χ0n) is 14.6. The van der Waals surface area contributed by atoms with Crippen LogP contribution in [-0.4, -0.2) is 30.0 Å². The molecule has 3 rings (SSSR count). The van der Waals surface area contributed by atoms with Gasteiger partial charge in [0.05, 0.1) is 29.7 Å². The summed E-state index contributed by atoms with van der Waals surface area (Å²) in [6.07, 6.45) is 1.04. The summed E-state index contributed by atoms with van der Waals surface area (Å²) in [5.74, 6) is 0.325. The molecule has 1 unspecified atom stereocenters. The van der Waals surface area contributed by atoms with Crippen LogP contribution in [0.3, 0.4) is 0 Å². The van der Waals surface area contributed by atoms with E-state index < -0.39 is 0 Å². The van der Waals surface area contributed by atoms with E-state index in [0.717, 1.165) is 29.2 Å². The first-order valence-corrected chi connectivity index (χ1v) is 10.4. The van der Waals surface area contributed by atoms with Gasteiger partial charge in [-0.05, 0) is 30.7 Å². The third-order valence-corrected chi connectivity index (χ3v) is 6.31. The third-order valence-electron chi connectivity index (χ3n) is 4.13. The number of carbonyl (C=O) groups excluding carboxylic acids is 1. The highest BCUT2D eigenvalue weighted by Gasteiger charge is 2.21. The first-order valence-electron chi connectivity index (χ1n) is 8.56. The Morgan fingerprint density at radius 2 is 2.08 bits per heavy atom. The van der Waals surface area contributed by atoms with Crippen LogP contribution in [0.15, 0.2) is 58.3 Å². The molecule has 0 saturated carbocycles. The van der Waals surface area contributed by atoms with Gasteiger partial charge in [-0.25, -0.2) is 0 Å². The van der Waals surface area contributed by atoms with E-state index in [1.165, 1.54) is 16.7 Å². The van der Waals surface area contributed by atoms with Crippen LogP contribution >= 0.6 is 23.5 Å². The van der Waals surface area contributed by atoms with Crippen molar-refractivity contribution in [2.75, 3.05) is 29.1 Å². The molecule has 6 heteroatoms. The molecule has 1 aliphatic rings. The van der Waals surface area contributed by atoms with Gasteiger partial charge < -0.3 is 10.2 Å². The molecule has 134 valence electrons. The van der Waals surface area contributed by atoms with Gasteiger partial charge in [0.1, 0.15) is 0 Å². The van der Waals surface area contributed by atoms with Crippen molar-refractivity contribution in [3.63, 3.8) is 0 Å². The quantitative estimate of drug-likeness (QED) is 0.763. The number of nitriles is 1. The maximum atomic E-state index is 12.7. The van der Waals surface area contributed by atoms with Crippen molar-refractivity contribution in [3.8, 4) is 6.07 Å². The normalized spacial score (nSPS) is 16.3. The van der Waals surface area contributed by atoms with E-state index in [9.17, 15) is 4.79 Å². The number of benzene rings is 2. The Labute approximate surface area is 163 Å². The molecule has 4 nitrogen and oxygen atoms in total. The minimum absolute atomic E-state index is 0.0376. The summed E-state index contributed by atoms with van der Waals surface area (Å²) in [6, 6.07) is 18.0. The molecule has 2 aromatic rings. The Morgan fingerprint density at radius 3 is 2.92 bits per heavy atom. The van der Waals surface area contributed by atoms with Crippen LogP contribution in [-0.2, 0) is 4.79 Å². The standard InChI is InChI=1S/C20H21N3OS2/c1-15-10-12-23(17-7-3-5-9-19(17)26-15)14-20(24)22-16-6-2-4-8-18(16)25-13-11-21/h2-9,15H,10,12-14H2,1H3,(H,22,24). The molecule has 0 aliphatic carbocycles. The molecule has 1 aliphatic heterocycles. The summed E-state index contributed by atoms with van der Waals surface area (Å²) in [5, 5.41) is 12.3. The van der Waals surface area contributed by atoms with E-state index >= 15 is 0 Å². The Morgan fingerprint density at radius 1 is 1.31 bits per heavy atom. The zero-order valence-corrected chi connectivity index (χ0v) is 16.3. The Bertz CT molecular complexity index is 819. The SMILES string of the molecule is CC1CCN(CC(=O)Nc2ccccc2SCC#N)c2ccccc2S1. The fraction of sp³-hybridized carbons (Fsp3) is 0.300. The number of fused-ring (bicyclic) bond motifs is 1. The number of anilines is 2. The summed E-state index contributed by atoms with van der Waals surface area (Å²) < 4.78 is 0. The van der Waals surface area contributed by atoms with Crippen molar-refractivity contribution in [2.45, 2.75) is 28.4 Å². The largest absolute Gasteiger partial charge is 0.361 e. The molecule has 0 fully saturated rings. The van der Waals surface area contributed by atoms with Gasteiger partial charge in [-0.2, -0.15) is 5.26 Å². The van der Waals surface area contributed by atoms with E-state index in [-0.39, 0.29) is 5.91 Å². The van der Waals surface area contributed by atoms with Crippen molar-refractivity contribution >= 4 is 40.8 Å². The van der Waals surface area contributed by atoms with Gasteiger partial charge in [0.2, 0.25) is 5.91 Å². The molecule has 1 amide bonds. The van der Waals surface area contributed by atoms with Gasteiger partial charge in [-0.1, -0.05) is 31.2 Å². The summed E-state index contributed by atoms with van der Waals surface area (Å²) >= 11 is 3.31. The van der Waals surface area contributed by atoms with Crippen LogP contribution in [0, 0.1) is 11.3 Å². The fourth-order valence-corrected chi connectivity index (χ4v) is 4.69. The molecule has 0 spiro atoms. The lowest BCUT2D eigenvalue weighted by atomic mass is 10.2. The van der Waals surface area contributed by atoms with Gasteiger partial charge in [0.25, 0.3) is 0 Å². The number of hydrogen-bond donors (Lipinski definition) is 1. The second-order valence-corrected chi connectivity index (χ2v) is 8.59. The number of nitrogens with zero attached hydrogens (tertiary/aromatic N) is 2. The highest BCUT2D eigenvalue weighted by Crippen LogP contribution is 2.37. The second-order valence-electron chi connectivity index (χ2n) is 6.10. The predicted molar refractivity (Wildman–Crippen MR) is 110 cm³/mol. The molecule has 26 heavy (non-hydrogen) atoms. The smallest absolute Gasteiger partial charge is 0.243 e. The number of amides is 1. The first-order chi connectivity index (χ1) is 12.7. The monoisotopic (exact) mass is 383 g/mol. The van der Waals surface area contributed by atoms with Crippen molar-refractivity contribution in [1.29, 1.82) is 5.26 Å². The summed E-state index contributed by atoms with van der Waals surface area (Å²) in [4.78, 5) is 17.0. The lowest BCUT2D eigenvalue weighted by Gasteiger charge is -2.24. The van der Waals surface area contributed by atoms with E-state index in [1.54, 1.807) is 0 Å². The molecule has 2 aromatic carbocycles. The van der Waals surface area contributed by atoms with Crippen LogP contribution < -0.4 is 10.2 Å². The molecule has 1 N–H and O–H groups in total. The van der Waals surface area contributed by atoms with Crippen LogP contribution in [0.1, 0.15) is 13.3 Å². The maximum absolute atomic E-state index is 12.7. The van der Waals surface area contributed by atoms with Gasteiger partial charge in [-0.15, -0.1) is 23.5 Å². The van der Waals surface area contributed by atoms with Crippen molar-refractivity contribution in [3.05, 3.63) is 48.5 Å². The van der Waals surface area contributed by atoms with Crippen LogP contribution in [0.25, 0.3) is 0 Å². The molecule has 0 radical (unpaired) electrons. The molecule has 1 atom stereocenters. The van der Waals surface area contributed by atoms with Crippen molar-refractivity contribution in [2.24, 2.45) is 0 Å². The van der Waals surface area contributed by atoms with Crippen LogP contribution in [0.4, 0.5) is 11.4 Å². The molecule has 0 aromatic heterocycles. The minimum atomic E-state index is -0.0376. The third kappa shape index (κ3) is 4.75. The van der Waals surface area contributed by atoms with Crippen molar-refractivity contribution in [1.82, 2.24) is 0 Å². The zero-order chi connectivity index (χ0) is 18.4. The number of nitrogens with one attached hydrogen (secondary N) is 1. The Hall–Kier alpha value is -2.10. The van der Waals surface area contributed by atoms with E-state index in [0.29, 0.717) is 17.5 Å². The molecular formula is C20H21N3OS2. The molecule has 1 heterocycles. The lowest BCUT2D eigenvalue weighted by molar-refractivity contribution is -0.115. The number of hydrogen-bond acceptors (Lipinski definition) is 5. The van der Waals surface area contributed by atoms with E-state index in [4.69, 9.17) is 5.26 Å². The average Bonchev–Trinajstić information content (AvgIpc) is 2.80. The molecule has 0 bridgehead atoms. The molecule has 0 saturated heterocycles. The second kappa shape index (κ2) is 9.02.